The zero-order valence-corrected chi connectivity index (χ0v) is 7.94. The minimum absolute atomic E-state index is 0.110. The Labute approximate surface area is 81.4 Å². The molecule has 1 aromatic rings. The minimum Gasteiger partial charge on any atom is -0.496 e. The molecular formula is C9H10NO4. The molecule has 0 amide bonds. The van der Waals surface area contributed by atoms with E-state index in [1.807, 2.05) is 0 Å². The smallest absolute Gasteiger partial charge is 0.280 e. The fraction of sp³-hybridized carbons (Fsp3) is 0.222. The molecule has 1 aromatic carbocycles. The lowest BCUT2D eigenvalue weighted by Gasteiger charge is -2.07. The average molecular weight is 196 g/mol. The van der Waals surface area contributed by atoms with Crippen LogP contribution in [0.3, 0.4) is 0 Å². The lowest BCUT2D eigenvalue weighted by molar-refractivity contribution is -0.385. The second kappa shape index (κ2) is 3.95. The van der Waals surface area contributed by atoms with Gasteiger partial charge in [-0.15, -0.1) is 0 Å². The van der Waals surface area contributed by atoms with Gasteiger partial charge >= 0.3 is 0 Å². The maximum atomic E-state index is 10.6. The highest BCUT2D eigenvalue weighted by atomic mass is 16.6. The van der Waals surface area contributed by atoms with Crippen molar-refractivity contribution in [3.63, 3.8) is 0 Å². The van der Waals surface area contributed by atoms with Crippen molar-refractivity contribution in [2.75, 3.05) is 14.2 Å². The van der Waals surface area contributed by atoms with Crippen LogP contribution < -0.4 is 9.47 Å². The fourth-order valence-electron chi connectivity index (χ4n) is 1.07. The predicted molar refractivity (Wildman–Crippen MR) is 50.7 cm³/mol. The van der Waals surface area contributed by atoms with Crippen LogP contribution in [-0.4, -0.2) is 19.1 Å². The highest BCUT2D eigenvalue weighted by molar-refractivity contribution is 5.56. The van der Waals surface area contributed by atoms with Crippen LogP contribution in [0.15, 0.2) is 12.1 Å². The van der Waals surface area contributed by atoms with Crippen LogP contribution >= 0.6 is 0 Å². The van der Waals surface area contributed by atoms with Gasteiger partial charge in [0, 0.05) is 6.07 Å². The van der Waals surface area contributed by atoms with Gasteiger partial charge in [-0.05, 0) is 6.92 Å². The van der Waals surface area contributed by atoms with Gasteiger partial charge in [-0.3, -0.25) is 10.1 Å². The zero-order valence-electron chi connectivity index (χ0n) is 7.94. The van der Waals surface area contributed by atoms with Crippen molar-refractivity contribution in [3.05, 3.63) is 34.7 Å². The van der Waals surface area contributed by atoms with Crippen molar-refractivity contribution in [1.29, 1.82) is 0 Å². The van der Waals surface area contributed by atoms with Crippen LogP contribution in [0.2, 0.25) is 0 Å². The van der Waals surface area contributed by atoms with Gasteiger partial charge in [-0.1, -0.05) is 0 Å². The molecule has 1 rings (SSSR count). The predicted octanol–water partition coefficient (Wildman–Crippen LogP) is 1.79. The Morgan fingerprint density at radius 2 is 2.00 bits per heavy atom. The van der Waals surface area contributed by atoms with Crippen LogP contribution in [0.5, 0.6) is 11.5 Å². The second-order valence-corrected chi connectivity index (χ2v) is 2.58. The van der Waals surface area contributed by atoms with Gasteiger partial charge in [-0.25, -0.2) is 0 Å². The van der Waals surface area contributed by atoms with Crippen LogP contribution in [0, 0.1) is 17.0 Å². The second-order valence-electron chi connectivity index (χ2n) is 2.58. The maximum absolute atomic E-state index is 10.6. The lowest BCUT2D eigenvalue weighted by atomic mass is 10.1. The zero-order chi connectivity index (χ0) is 10.7. The molecule has 0 aromatic heterocycles. The summed E-state index contributed by atoms with van der Waals surface area (Å²) in [5.41, 5.74) is 0.138. The molecule has 0 aliphatic carbocycles. The van der Waals surface area contributed by atoms with Gasteiger partial charge in [0.1, 0.15) is 11.5 Å². The molecule has 14 heavy (non-hydrogen) atoms. The van der Waals surface area contributed by atoms with Crippen molar-refractivity contribution >= 4 is 5.69 Å². The number of ether oxygens (including phenoxy) is 2. The van der Waals surface area contributed by atoms with Crippen molar-refractivity contribution < 1.29 is 14.4 Å². The van der Waals surface area contributed by atoms with Crippen molar-refractivity contribution in [1.82, 2.24) is 0 Å². The molecule has 0 saturated carbocycles. The number of hydrogen-bond donors (Lipinski definition) is 0. The molecule has 0 saturated heterocycles. The molecule has 0 heterocycles. The molecule has 0 bridgehead atoms. The topological polar surface area (TPSA) is 61.6 Å². The minimum atomic E-state index is -0.520. The Bertz CT molecular complexity index is 362. The number of nitro benzene ring substituents is 1. The molecule has 0 atom stereocenters. The van der Waals surface area contributed by atoms with E-state index in [9.17, 15) is 10.1 Å². The summed E-state index contributed by atoms with van der Waals surface area (Å²) < 4.78 is 9.82. The van der Waals surface area contributed by atoms with Crippen LogP contribution in [0.25, 0.3) is 0 Å². The van der Waals surface area contributed by atoms with Gasteiger partial charge in [0.15, 0.2) is 0 Å². The Kier molecular flexibility index (Phi) is 2.91. The summed E-state index contributed by atoms with van der Waals surface area (Å²) in [6, 6.07) is 2.86. The lowest BCUT2D eigenvalue weighted by Crippen LogP contribution is -1.96. The van der Waals surface area contributed by atoms with E-state index < -0.39 is 4.92 Å². The van der Waals surface area contributed by atoms with E-state index in [-0.39, 0.29) is 11.3 Å². The molecule has 5 heteroatoms. The Hall–Kier alpha value is -1.78. The van der Waals surface area contributed by atoms with E-state index >= 15 is 0 Å². The molecule has 75 valence electrons. The number of nitro groups is 1. The SMILES string of the molecule is [CH2]c1c(OC)cc(OC)cc1[N+](=O)[O-]. The molecule has 1 radical (unpaired) electrons. The average Bonchev–Trinajstić information content (AvgIpc) is 2.17. The van der Waals surface area contributed by atoms with E-state index in [2.05, 4.69) is 6.92 Å². The summed E-state index contributed by atoms with van der Waals surface area (Å²) >= 11 is 0. The maximum Gasteiger partial charge on any atom is 0.280 e. The van der Waals surface area contributed by atoms with Crippen molar-refractivity contribution in [2.45, 2.75) is 0 Å². The van der Waals surface area contributed by atoms with E-state index in [4.69, 9.17) is 9.47 Å². The number of benzene rings is 1. The molecule has 0 spiro atoms. The van der Waals surface area contributed by atoms with Crippen LogP contribution in [-0.2, 0) is 0 Å². The van der Waals surface area contributed by atoms with Gasteiger partial charge in [0.2, 0.25) is 0 Å². The first-order valence-corrected chi connectivity index (χ1v) is 3.82. The summed E-state index contributed by atoms with van der Waals surface area (Å²) in [5.74, 6) is 0.719. The molecule has 0 unspecified atom stereocenters. The Morgan fingerprint density at radius 1 is 1.36 bits per heavy atom. The fourth-order valence-corrected chi connectivity index (χ4v) is 1.07. The first kappa shape index (κ1) is 10.3. The van der Waals surface area contributed by atoms with Gasteiger partial charge in [-0.2, -0.15) is 0 Å². The van der Waals surface area contributed by atoms with E-state index in [1.54, 1.807) is 6.07 Å². The summed E-state index contributed by atoms with van der Waals surface area (Å²) in [5, 5.41) is 10.6. The normalized spacial score (nSPS) is 9.64. The van der Waals surface area contributed by atoms with Crippen molar-refractivity contribution in [3.8, 4) is 11.5 Å². The van der Waals surface area contributed by atoms with E-state index in [1.165, 1.54) is 20.3 Å². The summed E-state index contributed by atoms with van der Waals surface area (Å²) in [4.78, 5) is 10.1. The Morgan fingerprint density at radius 3 is 2.43 bits per heavy atom. The van der Waals surface area contributed by atoms with E-state index in [0.717, 1.165) is 0 Å². The molecule has 0 aliphatic heterocycles. The molecule has 0 N–H and O–H groups in total. The highest BCUT2D eigenvalue weighted by Gasteiger charge is 2.16. The quantitative estimate of drug-likeness (QED) is 0.546. The molecule has 5 nitrogen and oxygen atoms in total. The van der Waals surface area contributed by atoms with Crippen LogP contribution in [0.4, 0.5) is 5.69 Å². The highest BCUT2D eigenvalue weighted by Crippen LogP contribution is 2.32. The molecule has 0 aliphatic rings. The molecule has 0 fully saturated rings. The number of methoxy groups -OCH3 is 2. The van der Waals surface area contributed by atoms with Crippen molar-refractivity contribution in [2.24, 2.45) is 0 Å². The number of rotatable bonds is 3. The number of nitrogens with zero attached hydrogens (tertiary/aromatic N) is 1. The van der Waals surface area contributed by atoms with Crippen LogP contribution in [0.1, 0.15) is 5.56 Å². The van der Waals surface area contributed by atoms with Gasteiger partial charge in [0.05, 0.1) is 30.8 Å². The van der Waals surface area contributed by atoms with E-state index in [0.29, 0.717) is 11.5 Å². The summed E-state index contributed by atoms with van der Waals surface area (Å²) in [6.45, 7) is 3.57. The number of hydrogen-bond acceptors (Lipinski definition) is 4. The largest absolute Gasteiger partial charge is 0.496 e. The third-order valence-electron chi connectivity index (χ3n) is 1.81. The van der Waals surface area contributed by atoms with Gasteiger partial charge < -0.3 is 9.47 Å². The summed E-state index contributed by atoms with van der Waals surface area (Å²) in [7, 11) is 2.86. The third-order valence-corrected chi connectivity index (χ3v) is 1.81. The first-order chi connectivity index (χ1) is 6.60. The Balaban J connectivity index is 3.34. The monoisotopic (exact) mass is 196 g/mol. The standard InChI is InChI=1S/C9H10NO4/c1-6-8(10(11)12)4-7(13-2)5-9(6)14-3/h4-5H,1H2,2-3H3. The summed E-state index contributed by atoms with van der Waals surface area (Å²) in [6.07, 6.45) is 0. The third kappa shape index (κ3) is 1.76. The first-order valence-electron chi connectivity index (χ1n) is 3.82. The molecular weight excluding hydrogens is 186 g/mol. The van der Waals surface area contributed by atoms with Gasteiger partial charge in [0.25, 0.3) is 5.69 Å².